The van der Waals surface area contributed by atoms with Crippen LogP contribution in [-0.4, -0.2) is 23.9 Å². The maximum absolute atomic E-state index is 12.2. The summed E-state index contributed by atoms with van der Waals surface area (Å²) in [7, 11) is 0. The van der Waals surface area contributed by atoms with Crippen LogP contribution >= 0.6 is 0 Å². The van der Waals surface area contributed by atoms with Crippen LogP contribution in [0.3, 0.4) is 0 Å². The number of hydrogen-bond acceptors (Lipinski definition) is 5. The van der Waals surface area contributed by atoms with Gasteiger partial charge in [-0.25, -0.2) is 0 Å². The molecule has 7 heteroatoms. The van der Waals surface area contributed by atoms with Crippen molar-refractivity contribution in [1.82, 2.24) is 0 Å². The number of nitrogens with zero attached hydrogens (tertiary/aromatic N) is 1. The number of nitrogens with one attached hydrogen (secondary N) is 2. The van der Waals surface area contributed by atoms with E-state index in [-0.39, 0.29) is 12.3 Å². The van der Waals surface area contributed by atoms with Crippen molar-refractivity contribution in [3.05, 3.63) is 59.7 Å². The van der Waals surface area contributed by atoms with Crippen LogP contribution in [0, 0.1) is 11.3 Å². The molecule has 0 aliphatic rings. The number of carbonyl (C=O) groups excluding carboxylic acids is 3. The molecule has 0 aliphatic carbocycles. The minimum absolute atomic E-state index is 0.00719. The van der Waals surface area contributed by atoms with E-state index < -0.39 is 18.0 Å². The zero-order chi connectivity index (χ0) is 19.8. The molecule has 0 bridgehead atoms. The van der Waals surface area contributed by atoms with Crippen molar-refractivity contribution in [3.63, 3.8) is 0 Å². The zero-order valence-corrected chi connectivity index (χ0v) is 15.0. The summed E-state index contributed by atoms with van der Waals surface area (Å²) in [5, 5.41) is 14.2. The van der Waals surface area contributed by atoms with Gasteiger partial charge in [-0.3, -0.25) is 14.4 Å². The molecule has 0 fully saturated rings. The molecule has 0 spiro atoms. The summed E-state index contributed by atoms with van der Waals surface area (Å²) in [6, 6.07) is 15.3. The Kier molecular flexibility index (Phi) is 6.67. The highest BCUT2D eigenvalue weighted by atomic mass is 16.5. The largest absolute Gasteiger partial charge is 0.452 e. The van der Waals surface area contributed by atoms with Gasteiger partial charge in [-0.1, -0.05) is 24.3 Å². The molecule has 0 radical (unpaired) electrons. The molecule has 0 heterocycles. The van der Waals surface area contributed by atoms with E-state index in [4.69, 9.17) is 10.00 Å². The third kappa shape index (κ3) is 5.97. The van der Waals surface area contributed by atoms with Crippen LogP contribution in [-0.2, 0) is 25.5 Å². The fraction of sp³-hybridized carbons (Fsp3) is 0.200. The Morgan fingerprint density at radius 2 is 1.74 bits per heavy atom. The monoisotopic (exact) mass is 365 g/mol. The van der Waals surface area contributed by atoms with E-state index >= 15 is 0 Å². The lowest BCUT2D eigenvalue weighted by Gasteiger charge is -2.14. The van der Waals surface area contributed by atoms with Gasteiger partial charge in [0, 0.05) is 12.6 Å². The quantitative estimate of drug-likeness (QED) is 0.765. The molecule has 2 aromatic rings. The Labute approximate surface area is 156 Å². The molecule has 0 aromatic heterocycles. The van der Waals surface area contributed by atoms with Crippen molar-refractivity contribution in [2.75, 3.05) is 10.6 Å². The maximum atomic E-state index is 12.2. The summed E-state index contributed by atoms with van der Waals surface area (Å²) in [4.78, 5) is 35.2. The number of amides is 2. The number of hydrogen-bond donors (Lipinski definition) is 2. The topological polar surface area (TPSA) is 108 Å². The third-order valence-corrected chi connectivity index (χ3v) is 3.61. The average Bonchev–Trinajstić information content (AvgIpc) is 2.63. The number of benzene rings is 2. The van der Waals surface area contributed by atoms with Crippen molar-refractivity contribution < 1.29 is 19.1 Å². The van der Waals surface area contributed by atoms with Crippen molar-refractivity contribution in [2.24, 2.45) is 0 Å². The number of anilines is 2. The predicted molar refractivity (Wildman–Crippen MR) is 99.8 cm³/mol. The Balaban J connectivity index is 1.90. The van der Waals surface area contributed by atoms with Crippen molar-refractivity contribution >= 4 is 29.2 Å². The standard InChI is InChI=1S/C20H19N3O4/c1-13(20(26)23-18-6-4-3-5-16(18)12-21)27-19(25)11-15-7-9-17(10-8-15)22-14(2)24/h3-10,13H,11H2,1-2H3,(H,22,24)(H,23,26)/t13-/m1/s1. The number of esters is 1. The molecule has 2 amide bonds. The van der Waals surface area contributed by atoms with Gasteiger partial charge in [-0.05, 0) is 36.8 Å². The molecular formula is C20H19N3O4. The molecular weight excluding hydrogens is 346 g/mol. The molecule has 7 nitrogen and oxygen atoms in total. The van der Waals surface area contributed by atoms with Gasteiger partial charge in [-0.2, -0.15) is 5.26 Å². The third-order valence-electron chi connectivity index (χ3n) is 3.61. The Bertz CT molecular complexity index is 885. The molecule has 0 aliphatic heterocycles. The second-order valence-electron chi connectivity index (χ2n) is 5.83. The molecule has 27 heavy (non-hydrogen) atoms. The van der Waals surface area contributed by atoms with Gasteiger partial charge in [0.25, 0.3) is 5.91 Å². The van der Waals surface area contributed by atoms with Crippen molar-refractivity contribution in [1.29, 1.82) is 5.26 Å². The van der Waals surface area contributed by atoms with Crippen molar-refractivity contribution in [3.8, 4) is 6.07 Å². The summed E-state index contributed by atoms with van der Waals surface area (Å²) >= 11 is 0. The molecule has 0 saturated carbocycles. The highest BCUT2D eigenvalue weighted by molar-refractivity contribution is 5.96. The first kappa shape index (κ1) is 19.7. The summed E-state index contributed by atoms with van der Waals surface area (Å²) in [5.74, 6) is -1.26. The molecule has 2 aromatic carbocycles. The van der Waals surface area contributed by atoms with E-state index in [1.165, 1.54) is 13.8 Å². The molecule has 2 N–H and O–H groups in total. The molecule has 0 saturated heterocycles. The van der Waals surface area contributed by atoms with E-state index in [1.54, 1.807) is 48.5 Å². The van der Waals surface area contributed by atoms with Crippen LogP contribution in [0.1, 0.15) is 25.0 Å². The second kappa shape index (κ2) is 9.15. The van der Waals surface area contributed by atoms with Gasteiger partial charge in [0.2, 0.25) is 5.91 Å². The summed E-state index contributed by atoms with van der Waals surface area (Å²) in [6.45, 7) is 2.87. The molecule has 138 valence electrons. The number of carbonyl (C=O) groups is 3. The lowest BCUT2D eigenvalue weighted by Crippen LogP contribution is -2.30. The second-order valence-corrected chi connectivity index (χ2v) is 5.83. The van der Waals surface area contributed by atoms with Crippen LogP contribution in [0.5, 0.6) is 0 Å². The Hall–Kier alpha value is -3.66. The first-order valence-corrected chi connectivity index (χ1v) is 8.25. The normalized spacial score (nSPS) is 11.0. The summed E-state index contributed by atoms with van der Waals surface area (Å²) in [5.41, 5.74) is 2.00. The lowest BCUT2D eigenvalue weighted by molar-refractivity contribution is -0.152. The molecule has 0 unspecified atom stereocenters. The van der Waals surface area contributed by atoms with E-state index in [0.29, 0.717) is 22.5 Å². The van der Waals surface area contributed by atoms with Crippen LogP contribution in [0.25, 0.3) is 0 Å². The molecule has 2 rings (SSSR count). The minimum atomic E-state index is -1.01. The van der Waals surface area contributed by atoms with Crippen LogP contribution in [0.15, 0.2) is 48.5 Å². The molecule has 1 atom stereocenters. The summed E-state index contributed by atoms with van der Waals surface area (Å²) < 4.78 is 5.15. The number of ether oxygens (including phenoxy) is 1. The van der Waals surface area contributed by atoms with E-state index in [2.05, 4.69) is 10.6 Å². The first-order chi connectivity index (χ1) is 12.9. The van der Waals surface area contributed by atoms with Gasteiger partial charge in [-0.15, -0.1) is 0 Å². The van der Waals surface area contributed by atoms with E-state index in [1.807, 2.05) is 6.07 Å². The highest BCUT2D eigenvalue weighted by Crippen LogP contribution is 2.15. The number of nitriles is 1. The number of rotatable bonds is 6. The fourth-order valence-electron chi connectivity index (χ4n) is 2.29. The first-order valence-electron chi connectivity index (χ1n) is 8.25. The van der Waals surface area contributed by atoms with E-state index in [0.717, 1.165) is 0 Å². The lowest BCUT2D eigenvalue weighted by atomic mass is 10.1. The average molecular weight is 365 g/mol. The van der Waals surface area contributed by atoms with Gasteiger partial charge >= 0.3 is 5.97 Å². The Morgan fingerprint density at radius 3 is 2.37 bits per heavy atom. The fourth-order valence-corrected chi connectivity index (χ4v) is 2.29. The maximum Gasteiger partial charge on any atom is 0.311 e. The number of para-hydroxylation sites is 1. The van der Waals surface area contributed by atoms with Gasteiger partial charge < -0.3 is 15.4 Å². The summed E-state index contributed by atoms with van der Waals surface area (Å²) in [6.07, 6.45) is -1.02. The van der Waals surface area contributed by atoms with Crippen molar-refractivity contribution in [2.45, 2.75) is 26.4 Å². The highest BCUT2D eigenvalue weighted by Gasteiger charge is 2.19. The van der Waals surface area contributed by atoms with Gasteiger partial charge in [0.15, 0.2) is 6.10 Å². The van der Waals surface area contributed by atoms with Gasteiger partial charge in [0.05, 0.1) is 17.7 Å². The zero-order valence-electron chi connectivity index (χ0n) is 15.0. The van der Waals surface area contributed by atoms with Crippen LogP contribution < -0.4 is 10.6 Å². The Morgan fingerprint density at radius 1 is 1.07 bits per heavy atom. The minimum Gasteiger partial charge on any atom is -0.452 e. The smallest absolute Gasteiger partial charge is 0.311 e. The predicted octanol–water partition coefficient (Wildman–Crippen LogP) is 2.63. The van der Waals surface area contributed by atoms with Crippen LogP contribution in [0.2, 0.25) is 0 Å². The van der Waals surface area contributed by atoms with Gasteiger partial charge in [0.1, 0.15) is 6.07 Å². The van der Waals surface area contributed by atoms with Crippen LogP contribution in [0.4, 0.5) is 11.4 Å². The van der Waals surface area contributed by atoms with E-state index in [9.17, 15) is 14.4 Å². The SMILES string of the molecule is CC(=O)Nc1ccc(CC(=O)O[C@H](C)C(=O)Nc2ccccc2C#N)cc1.